The maximum atomic E-state index is 14.8. The summed E-state index contributed by atoms with van der Waals surface area (Å²) in [5, 5.41) is 9.19. The van der Waals surface area contributed by atoms with Crippen molar-refractivity contribution in [3.63, 3.8) is 0 Å². The third-order valence-corrected chi connectivity index (χ3v) is 7.18. The Morgan fingerprint density at radius 2 is 1.78 bits per heavy atom. The van der Waals surface area contributed by atoms with Crippen molar-refractivity contribution in [1.29, 1.82) is 0 Å². The van der Waals surface area contributed by atoms with Gasteiger partial charge in [-0.2, -0.15) is 14.6 Å². The lowest BCUT2D eigenvalue weighted by Gasteiger charge is -2.06. The Kier molecular flexibility index (Phi) is 7.13. The van der Waals surface area contributed by atoms with Crippen molar-refractivity contribution in [2.45, 2.75) is 6.92 Å². The molecule has 0 unspecified atom stereocenters. The summed E-state index contributed by atoms with van der Waals surface area (Å²) in [5.74, 6) is 0.833. The molecule has 0 saturated carbocycles. The van der Waals surface area contributed by atoms with Crippen LogP contribution in [0.4, 0.5) is 4.39 Å². The van der Waals surface area contributed by atoms with E-state index in [-0.39, 0.29) is 11.3 Å². The number of hydrogen-bond acceptors (Lipinski definition) is 7. The molecule has 204 valence electrons. The van der Waals surface area contributed by atoms with Gasteiger partial charge in [-0.3, -0.25) is 4.79 Å². The quantitative estimate of drug-likeness (QED) is 0.221. The second kappa shape index (κ2) is 11.2. The van der Waals surface area contributed by atoms with Crippen LogP contribution in [0, 0.1) is 5.82 Å². The Morgan fingerprint density at radius 3 is 2.49 bits per heavy atom. The Hall–Kier alpha value is -5.09. The fourth-order valence-electron chi connectivity index (χ4n) is 4.30. The largest absolute Gasteiger partial charge is 0.491 e. The summed E-state index contributed by atoms with van der Waals surface area (Å²) in [4.78, 5) is 18.4. The molecule has 0 atom stereocenters. The van der Waals surface area contributed by atoms with Crippen molar-refractivity contribution in [1.82, 2.24) is 24.4 Å². The zero-order chi connectivity index (χ0) is 28.3. The number of hydrogen-bond donors (Lipinski definition) is 0. The van der Waals surface area contributed by atoms with E-state index >= 15 is 0 Å². The van der Waals surface area contributed by atoms with E-state index in [9.17, 15) is 9.18 Å². The van der Waals surface area contributed by atoms with Crippen molar-refractivity contribution < 1.29 is 13.9 Å². The zero-order valence-electron chi connectivity index (χ0n) is 22.0. The SMILES string of the molecule is C=CCOc1ccc(-c2nc3s/c(=C\c4cn(-c5ccccc5)nc4-c4ccc(OCC)c(F)c4)c(=O)n3n2)cc1. The smallest absolute Gasteiger partial charge is 0.291 e. The van der Waals surface area contributed by atoms with Crippen molar-refractivity contribution in [2.24, 2.45) is 0 Å². The molecular formula is C31H24FN5O3S. The van der Waals surface area contributed by atoms with Crippen molar-refractivity contribution in [3.05, 3.63) is 118 Å². The third-order valence-electron chi connectivity index (χ3n) is 6.22. The highest BCUT2D eigenvalue weighted by atomic mass is 32.1. The molecule has 0 saturated heterocycles. The van der Waals surface area contributed by atoms with E-state index in [1.54, 1.807) is 35.9 Å². The summed E-state index contributed by atoms with van der Waals surface area (Å²) in [6, 6.07) is 21.6. The highest BCUT2D eigenvalue weighted by Gasteiger charge is 2.16. The predicted molar refractivity (Wildman–Crippen MR) is 157 cm³/mol. The third kappa shape index (κ3) is 5.24. The van der Waals surface area contributed by atoms with Gasteiger partial charge in [-0.25, -0.2) is 9.07 Å². The van der Waals surface area contributed by atoms with Gasteiger partial charge >= 0.3 is 0 Å². The van der Waals surface area contributed by atoms with Gasteiger partial charge in [-0.1, -0.05) is 42.2 Å². The molecule has 6 aromatic rings. The molecule has 0 radical (unpaired) electrons. The predicted octanol–water partition coefficient (Wildman–Crippen LogP) is 5.32. The minimum atomic E-state index is -0.485. The van der Waals surface area contributed by atoms with Crippen LogP contribution in [0.25, 0.3) is 39.4 Å². The number of thiazole rings is 1. The maximum Gasteiger partial charge on any atom is 0.291 e. The monoisotopic (exact) mass is 565 g/mol. The lowest BCUT2D eigenvalue weighted by atomic mass is 10.1. The van der Waals surface area contributed by atoms with Crippen LogP contribution in [-0.2, 0) is 0 Å². The topological polar surface area (TPSA) is 83.5 Å². The van der Waals surface area contributed by atoms with Gasteiger partial charge in [0, 0.05) is 22.9 Å². The van der Waals surface area contributed by atoms with E-state index in [0.29, 0.717) is 51.1 Å². The molecule has 10 heteroatoms. The number of ether oxygens (including phenoxy) is 2. The molecule has 0 spiro atoms. The van der Waals surface area contributed by atoms with Crippen LogP contribution in [0.5, 0.6) is 11.5 Å². The molecule has 0 amide bonds. The lowest BCUT2D eigenvalue weighted by Crippen LogP contribution is -2.23. The Bertz CT molecular complexity index is 1960. The number of fused-ring (bicyclic) bond motifs is 1. The average molecular weight is 566 g/mol. The summed E-state index contributed by atoms with van der Waals surface area (Å²) in [7, 11) is 0. The van der Waals surface area contributed by atoms with E-state index in [4.69, 9.17) is 14.6 Å². The average Bonchev–Trinajstić information content (AvgIpc) is 3.69. The molecule has 6 rings (SSSR count). The number of benzene rings is 3. The van der Waals surface area contributed by atoms with Crippen LogP contribution in [0.2, 0.25) is 0 Å². The van der Waals surface area contributed by atoms with Gasteiger partial charge in [0.1, 0.15) is 18.1 Å². The van der Waals surface area contributed by atoms with Crippen LogP contribution in [0.1, 0.15) is 12.5 Å². The molecule has 0 N–H and O–H groups in total. The van der Waals surface area contributed by atoms with Crippen molar-refractivity contribution in [3.8, 4) is 39.8 Å². The Balaban J connectivity index is 1.41. The summed E-state index contributed by atoms with van der Waals surface area (Å²) in [6.45, 7) is 6.22. The van der Waals surface area contributed by atoms with Gasteiger partial charge in [0.15, 0.2) is 17.4 Å². The standard InChI is InChI=1S/C31H24FN5O3S/c1-3-16-40-24-13-10-20(11-14-24)29-33-31-37(35-29)30(38)27(41-31)18-22-19-36(23-8-6-5-7-9-23)34-28(22)21-12-15-26(39-4-2)25(32)17-21/h3,5-15,17-19H,1,4,16H2,2H3/b27-18-. The number of nitrogens with zero attached hydrogens (tertiary/aromatic N) is 5. The molecule has 8 nitrogen and oxygen atoms in total. The summed E-state index contributed by atoms with van der Waals surface area (Å²) in [5.41, 5.74) is 3.02. The van der Waals surface area contributed by atoms with E-state index in [1.807, 2.05) is 60.8 Å². The number of halogens is 1. The van der Waals surface area contributed by atoms with E-state index in [0.717, 1.165) is 11.3 Å². The van der Waals surface area contributed by atoms with Crippen LogP contribution in [0.15, 0.2) is 96.4 Å². The first kappa shape index (κ1) is 26.1. The fourth-order valence-corrected chi connectivity index (χ4v) is 5.20. The number of rotatable bonds is 9. The summed E-state index contributed by atoms with van der Waals surface area (Å²) >= 11 is 1.22. The molecule has 3 aromatic carbocycles. The van der Waals surface area contributed by atoms with E-state index < -0.39 is 5.82 Å². The number of aromatic nitrogens is 5. The number of para-hydroxylation sites is 1. The minimum Gasteiger partial charge on any atom is -0.491 e. The first-order chi connectivity index (χ1) is 20.0. The van der Waals surface area contributed by atoms with Gasteiger partial charge in [-0.15, -0.1) is 5.10 Å². The maximum absolute atomic E-state index is 14.8. The second-order valence-electron chi connectivity index (χ2n) is 8.96. The van der Waals surface area contributed by atoms with E-state index in [2.05, 4.69) is 16.7 Å². The summed E-state index contributed by atoms with van der Waals surface area (Å²) in [6.07, 6.45) is 5.23. The first-order valence-electron chi connectivity index (χ1n) is 12.9. The Morgan fingerprint density at radius 1 is 1.00 bits per heavy atom. The molecule has 3 aromatic heterocycles. The molecule has 0 aliphatic heterocycles. The van der Waals surface area contributed by atoms with Gasteiger partial charge in [0.25, 0.3) is 5.56 Å². The molecule has 41 heavy (non-hydrogen) atoms. The van der Waals surface area contributed by atoms with E-state index in [1.165, 1.54) is 21.9 Å². The zero-order valence-corrected chi connectivity index (χ0v) is 22.8. The molecule has 0 bridgehead atoms. The molecule has 0 aliphatic rings. The highest BCUT2D eigenvalue weighted by Crippen LogP contribution is 2.29. The highest BCUT2D eigenvalue weighted by molar-refractivity contribution is 7.15. The molecule has 3 heterocycles. The van der Waals surface area contributed by atoms with Gasteiger partial charge in [-0.05, 0) is 67.6 Å². The van der Waals surface area contributed by atoms with Crippen molar-refractivity contribution >= 4 is 22.4 Å². The molecular weight excluding hydrogens is 541 g/mol. The van der Waals surface area contributed by atoms with Crippen LogP contribution in [0.3, 0.4) is 0 Å². The van der Waals surface area contributed by atoms with Crippen molar-refractivity contribution in [2.75, 3.05) is 13.2 Å². The van der Waals surface area contributed by atoms with Gasteiger partial charge in [0.05, 0.1) is 16.8 Å². The Labute approximate surface area is 238 Å². The molecule has 0 fully saturated rings. The first-order valence-corrected chi connectivity index (χ1v) is 13.7. The minimum absolute atomic E-state index is 0.173. The van der Waals surface area contributed by atoms with Crippen LogP contribution in [-0.4, -0.2) is 37.6 Å². The van der Waals surface area contributed by atoms with Gasteiger partial charge < -0.3 is 9.47 Å². The fraction of sp³-hybridized carbons (Fsp3) is 0.0968. The molecule has 0 aliphatic carbocycles. The normalized spacial score (nSPS) is 11.7. The van der Waals surface area contributed by atoms with Crippen LogP contribution >= 0.6 is 11.3 Å². The van der Waals surface area contributed by atoms with Gasteiger partial charge in [0.2, 0.25) is 4.96 Å². The second-order valence-corrected chi connectivity index (χ2v) is 9.97. The summed E-state index contributed by atoms with van der Waals surface area (Å²) < 4.78 is 29.1. The van der Waals surface area contributed by atoms with Crippen LogP contribution < -0.4 is 19.6 Å². The lowest BCUT2D eigenvalue weighted by molar-refractivity contribution is 0.321.